The van der Waals surface area contributed by atoms with Gasteiger partial charge in [-0.25, -0.2) is 0 Å². The number of amides is 2. The third-order valence-corrected chi connectivity index (χ3v) is 9.49. The minimum atomic E-state index is 0.128. The zero-order valence-electron chi connectivity index (χ0n) is 26.5. The van der Waals surface area contributed by atoms with Crippen LogP contribution in [0.2, 0.25) is 0 Å². The normalized spacial score (nSPS) is 17.9. The summed E-state index contributed by atoms with van der Waals surface area (Å²) in [7, 11) is 0. The van der Waals surface area contributed by atoms with Gasteiger partial charge in [0.05, 0.1) is 23.4 Å². The molecule has 2 aliphatic heterocycles. The Labute approximate surface area is 274 Å². The van der Waals surface area contributed by atoms with Gasteiger partial charge in [0.1, 0.15) is 0 Å². The largest absolute Gasteiger partial charge is 0.338 e. The minimum Gasteiger partial charge on any atom is -0.338 e. The number of nitrogens with one attached hydrogen (secondary N) is 2. The van der Waals surface area contributed by atoms with Gasteiger partial charge in [-0.3, -0.25) is 19.8 Å². The molecule has 0 radical (unpaired) electrons. The maximum Gasteiger partial charge on any atom is 0.253 e. The summed E-state index contributed by atoms with van der Waals surface area (Å²) >= 11 is 0. The minimum absolute atomic E-state index is 0.128. The Kier molecular flexibility index (Phi) is 9.08. The monoisotopic (exact) mass is 624 g/mol. The lowest BCUT2D eigenvalue weighted by atomic mass is 9.91. The van der Waals surface area contributed by atoms with E-state index in [1.54, 1.807) is 12.4 Å². The molecule has 6 aromatic rings. The fourth-order valence-corrected chi connectivity index (χ4v) is 7.01. The van der Waals surface area contributed by atoms with Crippen molar-refractivity contribution in [2.24, 2.45) is 11.8 Å². The topological polar surface area (TPSA) is 98.0 Å². The second-order valence-corrected chi connectivity index (χ2v) is 12.9. The zero-order chi connectivity index (χ0) is 32.0. The van der Waals surface area contributed by atoms with Gasteiger partial charge >= 0.3 is 0 Å². The molecule has 0 bridgehead atoms. The highest BCUT2D eigenvalue weighted by atomic mass is 16.2. The number of H-pyrrole nitrogens is 2. The Bertz CT molecular complexity index is 1950. The second-order valence-electron chi connectivity index (χ2n) is 12.9. The zero-order valence-corrected chi connectivity index (χ0v) is 26.5. The first kappa shape index (κ1) is 30.4. The number of carbonyl (C=O) groups is 2. The Hall–Kier alpha value is -5.24. The van der Waals surface area contributed by atoms with Gasteiger partial charge in [-0.15, -0.1) is 0 Å². The van der Waals surface area contributed by atoms with Crippen LogP contribution in [0.15, 0.2) is 109 Å². The summed E-state index contributed by atoms with van der Waals surface area (Å²) in [5, 5.41) is 15.8. The summed E-state index contributed by atoms with van der Waals surface area (Å²) in [4.78, 5) is 29.6. The van der Waals surface area contributed by atoms with E-state index >= 15 is 0 Å². The molecule has 4 aromatic carbocycles. The molecule has 0 spiro atoms. The van der Waals surface area contributed by atoms with Crippen molar-refractivity contribution in [3.63, 3.8) is 0 Å². The third-order valence-electron chi connectivity index (χ3n) is 9.49. The van der Waals surface area contributed by atoms with Crippen molar-refractivity contribution in [1.82, 2.24) is 30.2 Å². The maximum absolute atomic E-state index is 12.9. The maximum atomic E-state index is 12.9. The molecule has 2 unspecified atom stereocenters. The molecule has 0 saturated carbocycles. The predicted octanol–water partition coefficient (Wildman–Crippen LogP) is 6.93. The van der Waals surface area contributed by atoms with Gasteiger partial charge in [-0.2, -0.15) is 10.2 Å². The van der Waals surface area contributed by atoms with Crippen LogP contribution in [0.3, 0.4) is 0 Å². The molecular formula is C39H40N6O2. The molecule has 238 valence electrons. The van der Waals surface area contributed by atoms with Gasteiger partial charge in [0, 0.05) is 48.1 Å². The number of likely N-dealkylation sites (tertiary alicyclic amines) is 2. The molecule has 2 aromatic heterocycles. The van der Waals surface area contributed by atoms with Gasteiger partial charge in [0.2, 0.25) is 0 Å². The van der Waals surface area contributed by atoms with Crippen LogP contribution in [-0.2, 0) is 12.8 Å². The molecule has 8 heteroatoms. The molecule has 4 heterocycles. The first-order valence-corrected chi connectivity index (χ1v) is 16.6. The van der Waals surface area contributed by atoms with E-state index in [9.17, 15) is 9.59 Å². The smallest absolute Gasteiger partial charge is 0.253 e. The summed E-state index contributed by atoms with van der Waals surface area (Å²) < 4.78 is 0. The molecule has 2 N–H and O–H groups in total. The summed E-state index contributed by atoms with van der Waals surface area (Å²) in [5.74, 6) is 1.36. The number of piperidine rings is 1. The number of hydrogen-bond donors (Lipinski definition) is 2. The highest BCUT2D eigenvalue weighted by Gasteiger charge is 2.27. The van der Waals surface area contributed by atoms with E-state index in [2.05, 4.69) is 68.9 Å². The van der Waals surface area contributed by atoms with Gasteiger partial charge in [0.15, 0.2) is 0 Å². The molecule has 0 aliphatic carbocycles. The van der Waals surface area contributed by atoms with E-state index in [0.29, 0.717) is 11.8 Å². The van der Waals surface area contributed by atoms with E-state index in [0.717, 1.165) is 84.8 Å². The predicted molar refractivity (Wildman–Crippen MR) is 185 cm³/mol. The molecule has 2 fully saturated rings. The molecule has 2 atom stereocenters. The van der Waals surface area contributed by atoms with E-state index in [1.807, 2.05) is 58.3 Å². The summed E-state index contributed by atoms with van der Waals surface area (Å²) in [6, 6.07) is 32.6. The number of hydrogen-bond acceptors (Lipinski definition) is 4. The van der Waals surface area contributed by atoms with Crippen molar-refractivity contribution in [3.8, 4) is 0 Å². The van der Waals surface area contributed by atoms with Gasteiger partial charge < -0.3 is 9.80 Å². The molecule has 2 amide bonds. The lowest BCUT2D eigenvalue weighted by molar-refractivity contribution is 0.0673. The number of nitrogens with zero attached hydrogens (tertiary/aromatic N) is 4. The van der Waals surface area contributed by atoms with Crippen LogP contribution in [0.5, 0.6) is 0 Å². The van der Waals surface area contributed by atoms with Crippen LogP contribution < -0.4 is 0 Å². The quantitative estimate of drug-likeness (QED) is 0.210. The summed E-state index contributed by atoms with van der Waals surface area (Å²) in [5.41, 5.74) is 6.14. The van der Waals surface area contributed by atoms with Crippen LogP contribution in [0.1, 0.15) is 51.1 Å². The standard InChI is InChI=1S/C20H21N3O.C19H19N3O/c24-20(17-8-9-19-18(12-17)13-21-22-19)23-10-4-7-16(14-23)11-15-5-2-1-3-6-15;23-19(16-6-7-18-17(11-16)12-20-21-18)22-9-8-15(13-22)10-14-4-2-1-3-5-14/h1-3,5-6,8-9,12-13,16H,4,7,10-11,14H2,(H,21,22);1-7,11-12,15H,8-10,13H2,(H,20,21). The average Bonchev–Trinajstić information content (AvgIpc) is 3.90. The fourth-order valence-electron chi connectivity index (χ4n) is 7.01. The van der Waals surface area contributed by atoms with Crippen LogP contribution >= 0.6 is 0 Å². The highest BCUT2D eigenvalue weighted by molar-refractivity contribution is 5.98. The van der Waals surface area contributed by atoms with Crippen molar-refractivity contribution in [2.45, 2.75) is 32.1 Å². The number of aromatic amines is 2. The SMILES string of the molecule is O=C(c1ccc2[nH]ncc2c1)N1CCC(Cc2ccccc2)C1.O=C(c1ccc2[nH]ncc2c1)N1CCCC(Cc2ccccc2)C1. The van der Waals surface area contributed by atoms with Crippen molar-refractivity contribution < 1.29 is 9.59 Å². The molecule has 47 heavy (non-hydrogen) atoms. The van der Waals surface area contributed by atoms with E-state index < -0.39 is 0 Å². The third kappa shape index (κ3) is 7.27. The number of fused-ring (bicyclic) bond motifs is 2. The summed E-state index contributed by atoms with van der Waals surface area (Å²) in [6.45, 7) is 3.39. The van der Waals surface area contributed by atoms with E-state index in [1.165, 1.54) is 17.5 Å². The molecular weight excluding hydrogens is 584 g/mol. The Morgan fingerprint density at radius 1 is 0.617 bits per heavy atom. The van der Waals surface area contributed by atoms with Crippen molar-refractivity contribution >= 4 is 33.6 Å². The van der Waals surface area contributed by atoms with Crippen molar-refractivity contribution in [3.05, 3.63) is 132 Å². The number of rotatable bonds is 6. The van der Waals surface area contributed by atoms with Crippen LogP contribution in [0.25, 0.3) is 21.8 Å². The average molecular weight is 625 g/mol. The van der Waals surface area contributed by atoms with Crippen molar-refractivity contribution in [1.29, 1.82) is 0 Å². The van der Waals surface area contributed by atoms with Crippen molar-refractivity contribution in [2.75, 3.05) is 26.2 Å². The lowest BCUT2D eigenvalue weighted by Crippen LogP contribution is -2.40. The number of aromatic nitrogens is 4. The van der Waals surface area contributed by atoms with Gasteiger partial charge in [0.25, 0.3) is 11.8 Å². The van der Waals surface area contributed by atoms with Crippen LogP contribution in [0.4, 0.5) is 0 Å². The van der Waals surface area contributed by atoms with E-state index in [-0.39, 0.29) is 11.8 Å². The fraction of sp³-hybridized carbons (Fsp3) is 0.282. The van der Waals surface area contributed by atoms with Crippen LogP contribution in [-0.4, -0.2) is 68.2 Å². The second kappa shape index (κ2) is 14.0. The first-order chi connectivity index (χ1) is 23.1. The molecule has 8 rings (SSSR count). The first-order valence-electron chi connectivity index (χ1n) is 16.6. The summed E-state index contributed by atoms with van der Waals surface area (Å²) in [6.07, 6.45) is 8.97. The molecule has 8 nitrogen and oxygen atoms in total. The number of benzene rings is 4. The van der Waals surface area contributed by atoms with Gasteiger partial charge in [-0.05, 0) is 91.5 Å². The number of carbonyl (C=O) groups excluding carboxylic acids is 2. The van der Waals surface area contributed by atoms with Crippen LogP contribution in [0, 0.1) is 11.8 Å². The Morgan fingerprint density at radius 3 is 1.64 bits per heavy atom. The Morgan fingerprint density at radius 2 is 1.11 bits per heavy atom. The molecule has 2 aliphatic rings. The lowest BCUT2D eigenvalue weighted by Gasteiger charge is -2.33. The van der Waals surface area contributed by atoms with E-state index in [4.69, 9.17) is 0 Å². The highest BCUT2D eigenvalue weighted by Crippen LogP contribution is 2.25. The Balaban J connectivity index is 0.000000150. The van der Waals surface area contributed by atoms with Gasteiger partial charge in [-0.1, -0.05) is 60.7 Å². The molecule has 2 saturated heterocycles.